The van der Waals surface area contributed by atoms with E-state index in [1.807, 2.05) is 18.2 Å². The number of H-pyrrole nitrogens is 1. The molecule has 3 nitrogen and oxygen atoms in total. The third-order valence-corrected chi connectivity index (χ3v) is 2.35. The van der Waals surface area contributed by atoms with Crippen molar-refractivity contribution in [2.45, 2.75) is 19.9 Å². The molecule has 1 aromatic carbocycles. The van der Waals surface area contributed by atoms with E-state index in [0.29, 0.717) is 6.04 Å². The van der Waals surface area contributed by atoms with Crippen LogP contribution in [0.5, 0.6) is 0 Å². The van der Waals surface area contributed by atoms with Crippen molar-refractivity contribution in [3.63, 3.8) is 0 Å². The molecule has 2 aromatic rings. The highest BCUT2D eigenvalue weighted by atomic mass is 15.4. The van der Waals surface area contributed by atoms with Gasteiger partial charge < -0.3 is 4.98 Å². The standard InChI is InChI=1S/C11H15N3/c1-8(2)14(12)11-7-9-5-3-4-6-10(9)13-11/h3-8,13H,12H2,1-2H3. The van der Waals surface area contributed by atoms with Crippen molar-refractivity contribution in [3.8, 4) is 0 Å². The summed E-state index contributed by atoms with van der Waals surface area (Å²) in [5, 5.41) is 2.93. The lowest BCUT2D eigenvalue weighted by molar-refractivity contribution is 0.704. The molecule has 0 saturated carbocycles. The van der Waals surface area contributed by atoms with Gasteiger partial charge in [-0.1, -0.05) is 18.2 Å². The normalized spacial score (nSPS) is 11.1. The molecule has 0 atom stereocenters. The molecule has 3 N–H and O–H groups in total. The summed E-state index contributed by atoms with van der Waals surface area (Å²) in [6.45, 7) is 4.12. The summed E-state index contributed by atoms with van der Waals surface area (Å²) < 4.78 is 0. The predicted octanol–water partition coefficient (Wildman–Crippen LogP) is 2.26. The molecule has 0 radical (unpaired) electrons. The van der Waals surface area contributed by atoms with Crippen molar-refractivity contribution >= 4 is 16.7 Å². The van der Waals surface area contributed by atoms with E-state index in [9.17, 15) is 0 Å². The molecule has 74 valence electrons. The van der Waals surface area contributed by atoms with Crippen molar-refractivity contribution in [2.75, 3.05) is 5.01 Å². The minimum Gasteiger partial charge on any atom is -0.340 e. The van der Waals surface area contributed by atoms with Gasteiger partial charge in [0, 0.05) is 16.9 Å². The average molecular weight is 189 g/mol. The number of aromatic amines is 1. The summed E-state index contributed by atoms with van der Waals surface area (Å²) in [7, 11) is 0. The molecule has 0 amide bonds. The molecule has 0 aliphatic heterocycles. The second-order valence-corrected chi connectivity index (χ2v) is 3.74. The fraction of sp³-hybridized carbons (Fsp3) is 0.273. The van der Waals surface area contributed by atoms with E-state index in [-0.39, 0.29) is 0 Å². The molecule has 0 aliphatic rings. The summed E-state index contributed by atoms with van der Waals surface area (Å²) in [6.07, 6.45) is 0. The van der Waals surface area contributed by atoms with Crippen molar-refractivity contribution in [1.82, 2.24) is 4.98 Å². The molecule has 3 heteroatoms. The number of nitrogens with zero attached hydrogens (tertiary/aromatic N) is 1. The molecular formula is C11H15N3. The quantitative estimate of drug-likeness (QED) is 0.562. The van der Waals surface area contributed by atoms with Crippen molar-refractivity contribution < 1.29 is 0 Å². The number of aromatic nitrogens is 1. The fourth-order valence-electron chi connectivity index (χ4n) is 1.48. The third kappa shape index (κ3) is 1.46. The lowest BCUT2D eigenvalue weighted by Crippen LogP contribution is -2.37. The number of rotatable bonds is 2. The van der Waals surface area contributed by atoms with Crippen LogP contribution in [-0.4, -0.2) is 11.0 Å². The van der Waals surface area contributed by atoms with E-state index in [4.69, 9.17) is 5.84 Å². The Bertz CT molecular complexity index is 398. The van der Waals surface area contributed by atoms with Gasteiger partial charge >= 0.3 is 0 Å². The monoisotopic (exact) mass is 189 g/mol. The number of anilines is 1. The zero-order valence-electron chi connectivity index (χ0n) is 8.49. The second-order valence-electron chi connectivity index (χ2n) is 3.74. The minimum atomic E-state index is 0.295. The first-order valence-electron chi connectivity index (χ1n) is 4.80. The molecule has 1 aromatic heterocycles. The average Bonchev–Trinajstić information content (AvgIpc) is 2.59. The SMILES string of the molecule is CC(C)N(N)c1cc2ccccc2[nH]1. The number of para-hydroxylation sites is 1. The van der Waals surface area contributed by atoms with Crippen LogP contribution in [0.15, 0.2) is 30.3 Å². The summed E-state index contributed by atoms with van der Waals surface area (Å²) in [6, 6.07) is 10.5. The van der Waals surface area contributed by atoms with Gasteiger partial charge in [0.05, 0.1) is 0 Å². The third-order valence-electron chi connectivity index (χ3n) is 2.35. The molecule has 2 rings (SSSR count). The van der Waals surface area contributed by atoms with Gasteiger partial charge in [-0.2, -0.15) is 0 Å². The maximum absolute atomic E-state index is 5.90. The Hall–Kier alpha value is -1.48. The van der Waals surface area contributed by atoms with Gasteiger partial charge in [0.1, 0.15) is 5.82 Å². The van der Waals surface area contributed by atoms with Crippen LogP contribution < -0.4 is 10.9 Å². The number of nitrogens with one attached hydrogen (secondary N) is 1. The van der Waals surface area contributed by atoms with Crippen LogP contribution in [0.1, 0.15) is 13.8 Å². The zero-order valence-corrected chi connectivity index (χ0v) is 8.49. The lowest BCUT2D eigenvalue weighted by Gasteiger charge is -2.20. The molecule has 14 heavy (non-hydrogen) atoms. The summed E-state index contributed by atoms with van der Waals surface area (Å²) in [5.74, 6) is 6.86. The molecule has 0 bridgehead atoms. The molecule has 0 saturated heterocycles. The molecule has 0 aliphatic carbocycles. The number of hydrogen-bond donors (Lipinski definition) is 2. The molecule has 0 fully saturated rings. The van der Waals surface area contributed by atoms with E-state index in [0.717, 1.165) is 11.3 Å². The first-order valence-corrected chi connectivity index (χ1v) is 4.80. The maximum atomic E-state index is 5.90. The van der Waals surface area contributed by atoms with E-state index in [1.54, 1.807) is 5.01 Å². The van der Waals surface area contributed by atoms with Gasteiger partial charge in [0.2, 0.25) is 0 Å². The highest BCUT2D eigenvalue weighted by Gasteiger charge is 2.08. The first-order chi connectivity index (χ1) is 6.68. The zero-order chi connectivity index (χ0) is 10.1. The Morgan fingerprint density at radius 1 is 1.29 bits per heavy atom. The van der Waals surface area contributed by atoms with Gasteiger partial charge in [-0.25, -0.2) is 5.84 Å². The van der Waals surface area contributed by atoms with E-state index in [2.05, 4.69) is 31.0 Å². The van der Waals surface area contributed by atoms with Crippen molar-refractivity contribution in [3.05, 3.63) is 30.3 Å². The highest BCUT2D eigenvalue weighted by molar-refractivity contribution is 5.83. The van der Waals surface area contributed by atoms with Crippen LogP contribution in [0.2, 0.25) is 0 Å². The summed E-state index contributed by atoms with van der Waals surface area (Å²) in [5.41, 5.74) is 1.12. The van der Waals surface area contributed by atoms with E-state index < -0.39 is 0 Å². The van der Waals surface area contributed by atoms with Crippen LogP contribution in [0.4, 0.5) is 5.82 Å². The van der Waals surface area contributed by atoms with Gasteiger partial charge in [-0.3, -0.25) is 5.01 Å². The predicted molar refractivity (Wildman–Crippen MR) is 60.1 cm³/mol. The number of benzene rings is 1. The Labute approximate surface area is 83.5 Å². The topological polar surface area (TPSA) is 45.0 Å². The lowest BCUT2D eigenvalue weighted by atomic mass is 10.2. The van der Waals surface area contributed by atoms with Crippen LogP contribution in [0.3, 0.4) is 0 Å². The maximum Gasteiger partial charge on any atom is 0.121 e. The van der Waals surface area contributed by atoms with Crippen LogP contribution >= 0.6 is 0 Å². The number of fused-ring (bicyclic) bond motifs is 1. The van der Waals surface area contributed by atoms with Gasteiger partial charge in [-0.05, 0) is 26.0 Å². The van der Waals surface area contributed by atoms with Crippen LogP contribution in [0, 0.1) is 0 Å². The van der Waals surface area contributed by atoms with Gasteiger partial charge in [0.15, 0.2) is 0 Å². The Balaban J connectivity index is 2.45. The number of hydrazine groups is 1. The van der Waals surface area contributed by atoms with E-state index >= 15 is 0 Å². The smallest absolute Gasteiger partial charge is 0.121 e. The largest absolute Gasteiger partial charge is 0.340 e. The van der Waals surface area contributed by atoms with Gasteiger partial charge in [0.25, 0.3) is 0 Å². The first kappa shape index (κ1) is 9.09. The van der Waals surface area contributed by atoms with Crippen molar-refractivity contribution in [1.29, 1.82) is 0 Å². The van der Waals surface area contributed by atoms with Crippen LogP contribution in [0.25, 0.3) is 10.9 Å². The second kappa shape index (κ2) is 3.35. The Morgan fingerprint density at radius 3 is 2.64 bits per heavy atom. The van der Waals surface area contributed by atoms with E-state index in [1.165, 1.54) is 5.39 Å². The number of hydrogen-bond acceptors (Lipinski definition) is 2. The minimum absolute atomic E-state index is 0.295. The Morgan fingerprint density at radius 2 is 2.00 bits per heavy atom. The molecule has 0 unspecified atom stereocenters. The van der Waals surface area contributed by atoms with Crippen molar-refractivity contribution in [2.24, 2.45) is 5.84 Å². The van der Waals surface area contributed by atoms with Crippen LogP contribution in [-0.2, 0) is 0 Å². The molecule has 0 spiro atoms. The summed E-state index contributed by atoms with van der Waals surface area (Å²) in [4.78, 5) is 3.28. The fourth-order valence-corrected chi connectivity index (χ4v) is 1.48. The summed E-state index contributed by atoms with van der Waals surface area (Å²) >= 11 is 0. The molecule has 1 heterocycles. The molecular weight excluding hydrogens is 174 g/mol. The highest BCUT2D eigenvalue weighted by Crippen LogP contribution is 2.20. The van der Waals surface area contributed by atoms with Gasteiger partial charge in [-0.15, -0.1) is 0 Å². The Kier molecular flexibility index (Phi) is 2.17. The number of nitrogens with two attached hydrogens (primary N) is 1.